The van der Waals surface area contributed by atoms with E-state index in [0.717, 1.165) is 24.1 Å². The minimum Gasteiger partial charge on any atom is -0.440 e. The van der Waals surface area contributed by atoms with Crippen LogP contribution in [0, 0.1) is 19.7 Å². The van der Waals surface area contributed by atoms with Gasteiger partial charge in [-0.3, -0.25) is 9.20 Å². The molecule has 1 N–H and O–H groups in total. The Balaban J connectivity index is 1.57. The molecule has 1 aliphatic carbocycles. The van der Waals surface area contributed by atoms with Gasteiger partial charge in [-0.05, 0) is 67.6 Å². The van der Waals surface area contributed by atoms with E-state index in [-0.39, 0.29) is 11.9 Å². The zero-order valence-corrected chi connectivity index (χ0v) is 15.9. The third-order valence-electron chi connectivity index (χ3n) is 5.19. The lowest BCUT2D eigenvalue weighted by Gasteiger charge is -2.11. The number of benzene rings is 1. The lowest BCUT2D eigenvalue weighted by molar-refractivity contribution is 0.0950. The molecule has 0 bridgehead atoms. The van der Waals surface area contributed by atoms with E-state index in [9.17, 15) is 9.18 Å². The average molecular weight is 391 g/mol. The molecule has 0 saturated heterocycles. The predicted molar refractivity (Wildman–Crippen MR) is 104 cm³/mol. The van der Waals surface area contributed by atoms with Crippen LogP contribution in [0.15, 0.2) is 41.3 Å². The van der Waals surface area contributed by atoms with Crippen LogP contribution in [0.1, 0.15) is 34.5 Å². The molecule has 3 heterocycles. The summed E-state index contributed by atoms with van der Waals surface area (Å²) in [5.74, 6) is 0.426. The number of fused-ring (bicyclic) bond motifs is 1. The zero-order valence-electron chi connectivity index (χ0n) is 15.9. The first-order chi connectivity index (χ1) is 14.0. The second kappa shape index (κ2) is 6.51. The number of hydrogen-bond donors (Lipinski definition) is 1. The highest BCUT2D eigenvalue weighted by atomic mass is 19.1. The highest BCUT2D eigenvalue weighted by Gasteiger charge is 2.25. The van der Waals surface area contributed by atoms with Gasteiger partial charge in [-0.2, -0.15) is 0 Å². The highest BCUT2D eigenvalue weighted by Crippen LogP contribution is 2.30. The van der Waals surface area contributed by atoms with Crippen molar-refractivity contribution in [2.24, 2.45) is 0 Å². The molecule has 1 saturated carbocycles. The van der Waals surface area contributed by atoms with E-state index in [2.05, 4.69) is 20.5 Å². The average Bonchev–Trinajstić information content (AvgIpc) is 3.27. The zero-order chi connectivity index (χ0) is 20.1. The fourth-order valence-electron chi connectivity index (χ4n) is 3.34. The van der Waals surface area contributed by atoms with E-state index in [1.807, 2.05) is 19.1 Å². The smallest absolute Gasteiger partial charge is 0.251 e. The van der Waals surface area contributed by atoms with Crippen LogP contribution in [0.25, 0.3) is 28.4 Å². The van der Waals surface area contributed by atoms with Gasteiger partial charge in [-0.1, -0.05) is 0 Å². The number of nitrogens with one attached hydrogen (secondary N) is 1. The Morgan fingerprint density at radius 3 is 2.79 bits per heavy atom. The largest absolute Gasteiger partial charge is 0.440 e. The van der Waals surface area contributed by atoms with Gasteiger partial charge in [0, 0.05) is 17.8 Å². The molecule has 8 heteroatoms. The van der Waals surface area contributed by atoms with Crippen molar-refractivity contribution in [1.82, 2.24) is 24.9 Å². The minimum atomic E-state index is -0.414. The summed E-state index contributed by atoms with van der Waals surface area (Å²) in [5, 5.41) is 11.3. The predicted octanol–water partition coefficient (Wildman–Crippen LogP) is 3.70. The first-order valence-electron chi connectivity index (χ1n) is 9.38. The molecule has 0 aliphatic heterocycles. The number of amides is 1. The van der Waals surface area contributed by atoms with Gasteiger partial charge in [0.05, 0.1) is 5.69 Å². The molecule has 0 atom stereocenters. The third kappa shape index (κ3) is 3.06. The summed E-state index contributed by atoms with van der Waals surface area (Å²) in [4.78, 5) is 16.5. The number of nitrogens with zero attached hydrogens (tertiary/aromatic N) is 4. The topological polar surface area (TPSA) is 85.3 Å². The number of oxazole rings is 1. The number of carbonyl (C=O) groups excluding carboxylic acids is 1. The Morgan fingerprint density at radius 1 is 1.24 bits per heavy atom. The fourth-order valence-corrected chi connectivity index (χ4v) is 3.34. The van der Waals surface area contributed by atoms with Crippen LogP contribution in [0.4, 0.5) is 4.39 Å². The summed E-state index contributed by atoms with van der Waals surface area (Å²) in [7, 11) is 0. The maximum absolute atomic E-state index is 14.6. The van der Waals surface area contributed by atoms with E-state index >= 15 is 0 Å². The van der Waals surface area contributed by atoms with E-state index in [0.29, 0.717) is 33.9 Å². The Hall–Kier alpha value is -3.55. The van der Waals surface area contributed by atoms with Crippen molar-refractivity contribution in [3.8, 4) is 22.7 Å². The van der Waals surface area contributed by atoms with Gasteiger partial charge < -0.3 is 9.73 Å². The summed E-state index contributed by atoms with van der Waals surface area (Å²) >= 11 is 0. The maximum Gasteiger partial charge on any atom is 0.251 e. The quantitative estimate of drug-likeness (QED) is 0.573. The van der Waals surface area contributed by atoms with Crippen LogP contribution in [-0.4, -0.2) is 31.5 Å². The van der Waals surface area contributed by atoms with Gasteiger partial charge in [0.1, 0.15) is 5.82 Å². The summed E-state index contributed by atoms with van der Waals surface area (Å²) in [6, 6.07) is 6.87. The molecular weight excluding hydrogens is 373 g/mol. The van der Waals surface area contributed by atoms with Crippen molar-refractivity contribution in [2.45, 2.75) is 32.7 Å². The van der Waals surface area contributed by atoms with Crippen molar-refractivity contribution >= 4 is 11.6 Å². The highest BCUT2D eigenvalue weighted by molar-refractivity contribution is 5.96. The molecule has 5 rings (SSSR count). The normalized spacial score (nSPS) is 13.8. The summed E-state index contributed by atoms with van der Waals surface area (Å²) in [5.41, 5.74) is 3.49. The second-order valence-corrected chi connectivity index (χ2v) is 7.31. The number of aryl methyl sites for hydroxylation is 1. The Morgan fingerprint density at radius 2 is 2.07 bits per heavy atom. The molecule has 29 heavy (non-hydrogen) atoms. The number of rotatable bonds is 4. The van der Waals surface area contributed by atoms with Crippen LogP contribution >= 0.6 is 0 Å². The van der Waals surface area contributed by atoms with Crippen molar-refractivity contribution < 1.29 is 13.6 Å². The molecule has 4 aromatic rings. The molecule has 1 fully saturated rings. The first kappa shape index (κ1) is 17.5. The van der Waals surface area contributed by atoms with Crippen LogP contribution in [0.5, 0.6) is 0 Å². The molecule has 146 valence electrons. The molecule has 1 amide bonds. The van der Waals surface area contributed by atoms with Gasteiger partial charge in [0.25, 0.3) is 5.91 Å². The minimum absolute atomic E-state index is 0.209. The SMILES string of the molecule is Cc1ncoc1-c1nnc2cc(-c3cc(C(=O)NC4CC4)cc(F)c3C)ccn12. The number of carbonyl (C=O) groups is 1. The van der Waals surface area contributed by atoms with Crippen LogP contribution in [0.3, 0.4) is 0 Å². The molecule has 0 spiro atoms. The second-order valence-electron chi connectivity index (χ2n) is 7.31. The molecular formula is C21H18FN5O2. The molecule has 3 aromatic heterocycles. The Labute approximate surface area is 165 Å². The molecule has 7 nitrogen and oxygen atoms in total. The lowest BCUT2D eigenvalue weighted by atomic mass is 9.98. The van der Waals surface area contributed by atoms with Crippen molar-refractivity contribution in [2.75, 3.05) is 0 Å². The Bertz CT molecular complexity index is 1260. The third-order valence-corrected chi connectivity index (χ3v) is 5.19. The summed E-state index contributed by atoms with van der Waals surface area (Å²) < 4.78 is 21.8. The van der Waals surface area contributed by atoms with E-state index in [1.165, 1.54) is 12.5 Å². The van der Waals surface area contributed by atoms with E-state index in [4.69, 9.17) is 4.42 Å². The van der Waals surface area contributed by atoms with Gasteiger partial charge in [-0.25, -0.2) is 9.37 Å². The van der Waals surface area contributed by atoms with Crippen molar-refractivity contribution in [3.63, 3.8) is 0 Å². The van der Waals surface area contributed by atoms with Crippen LogP contribution in [0.2, 0.25) is 0 Å². The number of hydrogen-bond acceptors (Lipinski definition) is 5. The number of aromatic nitrogens is 4. The van der Waals surface area contributed by atoms with Crippen molar-refractivity contribution in [3.05, 3.63) is 59.5 Å². The van der Waals surface area contributed by atoms with Gasteiger partial charge in [-0.15, -0.1) is 10.2 Å². The van der Waals surface area contributed by atoms with Crippen LogP contribution < -0.4 is 5.32 Å². The molecule has 1 aliphatic rings. The molecule has 0 radical (unpaired) electrons. The van der Waals surface area contributed by atoms with Gasteiger partial charge >= 0.3 is 0 Å². The maximum atomic E-state index is 14.6. The van der Waals surface area contributed by atoms with Crippen LogP contribution in [-0.2, 0) is 0 Å². The molecule has 0 unspecified atom stereocenters. The monoisotopic (exact) mass is 391 g/mol. The summed E-state index contributed by atoms with van der Waals surface area (Å²) in [6.07, 6.45) is 5.12. The van der Waals surface area contributed by atoms with Gasteiger partial charge in [0.2, 0.25) is 5.82 Å². The standard InChI is InChI=1S/C21H18FN5O2/c1-11-16(7-14(8-17(11)22)21(28)24-15-3-4-15)13-5-6-27-18(9-13)25-26-20(27)19-12(2)23-10-29-19/h5-10,15H,3-4H2,1-2H3,(H,24,28). The van der Waals surface area contributed by atoms with Crippen molar-refractivity contribution in [1.29, 1.82) is 0 Å². The number of pyridine rings is 1. The number of halogens is 1. The Kier molecular flexibility index (Phi) is 3.94. The van der Waals surface area contributed by atoms with E-state index < -0.39 is 5.82 Å². The lowest BCUT2D eigenvalue weighted by Crippen LogP contribution is -2.25. The first-order valence-corrected chi connectivity index (χ1v) is 9.38. The fraction of sp³-hybridized carbons (Fsp3) is 0.238. The van der Waals surface area contributed by atoms with Gasteiger partial charge in [0.15, 0.2) is 17.8 Å². The van der Waals surface area contributed by atoms with E-state index in [1.54, 1.807) is 23.6 Å². The summed E-state index contributed by atoms with van der Waals surface area (Å²) in [6.45, 7) is 3.53. The molecule has 1 aromatic carbocycles.